The Morgan fingerprint density at radius 2 is 1.75 bits per heavy atom. The average molecular weight is 462 g/mol. The first kappa shape index (κ1) is 23.4. The van der Waals surface area contributed by atoms with Crippen molar-refractivity contribution in [3.8, 4) is 0 Å². The monoisotopic (exact) mass is 461 g/mol. The Hall–Kier alpha value is -1.80. The van der Waals surface area contributed by atoms with Gasteiger partial charge in [0, 0.05) is 30.4 Å². The van der Waals surface area contributed by atoms with Crippen LogP contribution >= 0.6 is 11.8 Å². The summed E-state index contributed by atoms with van der Waals surface area (Å²) >= 11 is 1.59. The predicted octanol–water partition coefficient (Wildman–Crippen LogP) is 1.67. The third-order valence-electron chi connectivity index (χ3n) is 7.47. The molecule has 0 bridgehead atoms. The van der Waals surface area contributed by atoms with Crippen LogP contribution in [0.4, 0.5) is 0 Å². The number of aliphatic hydroxyl groups excluding tert-OH is 1. The second kappa shape index (κ2) is 8.20. The number of nitrogens with zero attached hydrogens (tertiary/aromatic N) is 3. The summed E-state index contributed by atoms with van der Waals surface area (Å²) in [6, 6.07) is -1.26. The second-order valence-corrected chi connectivity index (χ2v) is 11.7. The lowest BCUT2D eigenvalue weighted by molar-refractivity contribution is -0.147. The molecular formula is C24H35N3O4S. The highest BCUT2D eigenvalue weighted by Gasteiger charge is 2.74. The lowest BCUT2D eigenvalue weighted by Gasteiger charge is -2.39. The van der Waals surface area contributed by atoms with Crippen LogP contribution in [0.5, 0.6) is 0 Å². The van der Waals surface area contributed by atoms with Gasteiger partial charge in [0.25, 0.3) is 0 Å². The zero-order chi connectivity index (χ0) is 23.4. The highest BCUT2D eigenvalue weighted by molar-refractivity contribution is 8.02. The predicted molar refractivity (Wildman–Crippen MR) is 125 cm³/mol. The molecule has 0 aromatic carbocycles. The van der Waals surface area contributed by atoms with E-state index in [1.165, 1.54) is 0 Å². The first-order chi connectivity index (χ1) is 15.1. The zero-order valence-electron chi connectivity index (χ0n) is 19.7. The molecule has 4 aliphatic rings. The van der Waals surface area contributed by atoms with Gasteiger partial charge in [-0.1, -0.05) is 31.2 Å². The maximum atomic E-state index is 14.0. The number of hydrogen-bond donors (Lipinski definition) is 1. The molecule has 0 radical (unpaired) electrons. The fourth-order valence-electron chi connectivity index (χ4n) is 6.03. The largest absolute Gasteiger partial charge is 0.394 e. The minimum Gasteiger partial charge on any atom is -0.394 e. The molecule has 32 heavy (non-hydrogen) atoms. The van der Waals surface area contributed by atoms with Crippen LogP contribution in [0.3, 0.4) is 0 Å². The molecule has 4 rings (SSSR count). The van der Waals surface area contributed by atoms with E-state index in [2.05, 4.69) is 6.08 Å². The van der Waals surface area contributed by atoms with E-state index in [1.807, 2.05) is 50.8 Å². The molecule has 176 valence electrons. The maximum absolute atomic E-state index is 14.0. The van der Waals surface area contributed by atoms with Gasteiger partial charge in [-0.25, -0.2) is 0 Å². The Morgan fingerprint density at radius 1 is 1.06 bits per heavy atom. The standard InChI is InChI=1S/C24H35N3O4S/c1-6-11-25-12-7-9-23(5)17(20(25)29)18-21(30)27(16(4)14-28)19-22(31)26(15(2)3)13-8-10-24(18,19)32-23/h7-10,15-19,28H,6,11-14H2,1-5H3/t16-,17+,18+,19?,23-,24+/m1/s1. The van der Waals surface area contributed by atoms with E-state index >= 15 is 0 Å². The van der Waals surface area contributed by atoms with Crippen LogP contribution in [0.2, 0.25) is 0 Å². The fourth-order valence-corrected chi connectivity index (χ4v) is 8.17. The third kappa shape index (κ3) is 3.16. The van der Waals surface area contributed by atoms with Crippen molar-refractivity contribution in [1.29, 1.82) is 0 Å². The Labute approximate surface area is 194 Å². The Kier molecular flexibility index (Phi) is 5.99. The van der Waals surface area contributed by atoms with Gasteiger partial charge in [-0.2, -0.15) is 0 Å². The van der Waals surface area contributed by atoms with Gasteiger partial charge in [0.05, 0.1) is 29.2 Å². The van der Waals surface area contributed by atoms with Crippen LogP contribution < -0.4 is 0 Å². The topological polar surface area (TPSA) is 81.2 Å². The number of rotatable bonds is 5. The number of fused-ring (bicyclic) bond motifs is 2. The van der Waals surface area contributed by atoms with E-state index in [1.54, 1.807) is 28.5 Å². The van der Waals surface area contributed by atoms with E-state index in [4.69, 9.17) is 0 Å². The number of carbonyl (C=O) groups excluding carboxylic acids is 3. The molecule has 8 heteroatoms. The van der Waals surface area contributed by atoms with Gasteiger partial charge < -0.3 is 19.8 Å². The van der Waals surface area contributed by atoms with Crippen LogP contribution in [-0.2, 0) is 14.4 Å². The zero-order valence-corrected chi connectivity index (χ0v) is 20.5. The van der Waals surface area contributed by atoms with Crippen LogP contribution in [-0.4, -0.2) is 91.4 Å². The molecule has 0 aromatic rings. The molecule has 0 saturated carbocycles. The second-order valence-electron chi connectivity index (χ2n) is 9.95. The van der Waals surface area contributed by atoms with Crippen LogP contribution in [0.25, 0.3) is 0 Å². The Morgan fingerprint density at radius 3 is 2.38 bits per heavy atom. The van der Waals surface area contributed by atoms with E-state index in [0.29, 0.717) is 19.6 Å². The van der Waals surface area contributed by atoms with Gasteiger partial charge in [-0.05, 0) is 34.1 Å². The number of carbonyl (C=O) groups is 3. The number of thioether (sulfide) groups is 1. The minimum atomic E-state index is -0.837. The molecule has 1 N–H and O–H groups in total. The van der Waals surface area contributed by atoms with E-state index in [9.17, 15) is 19.5 Å². The summed E-state index contributed by atoms with van der Waals surface area (Å²) in [6.07, 6.45) is 8.98. The number of amides is 3. The molecular weight excluding hydrogens is 426 g/mol. The SMILES string of the molecule is CCCN1CC=C[C@@]2(C)S[C@]34C=CCN(C(C)C)C(=O)C3N([C@H](C)CO)C(=O)[C@@H]4[C@H]2C1=O. The maximum Gasteiger partial charge on any atom is 0.247 e. The van der Waals surface area contributed by atoms with E-state index < -0.39 is 33.4 Å². The first-order valence-electron chi connectivity index (χ1n) is 11.7. The molecule has 6 atom stereocenters. The fraction of sp³-hybridized carbons (Fsp3) is 0.708. The van der Waals surface area contributed by atoms with Crippen LogP contribution in [0.15, 0.2) is 24.3 Å². The Balaban J connectivity index is 1.89. The molecule has 4 aliphatic heterocycles. The molecule has 0 aliphatic carbocycles. The molecule has 7 nitrogen and oxygen atoms in total. The molecule has 1 spiro atoms. The van der Waals surface area contributed by atoms with Crippen molar-refractivity contribution in [3.05, 3.63) is 24.3 Å². The van der Waals surface area contributed by atoms with Gasteiger partial charge in [0.2, 0.25) is 17.7 Å². The van der Waals surface area contributed by atoms with Crippen molar-refractivity contribution in [1.82, 2.24) is 14.7 Å². The lowest BCUT2D eigenvalue weighted by Crippen LogP contribution is -2.57. The van der Waals surface area contributed by atoms with Crippen LogP contribution in [0, 0.1) is 11.8 Å². The van der Waals surface area contributed by atoms with E-state index in [0.717, 1.165) is 6.42 Å². The van der Waals surface area contributed by atoms with Gasteiger partial charge in [-0.3, -0.25) is 14.4 Å². The highest BCUT2D eigenvalue weighted by atomic mass is 32.2. The Bertz CT molecular complexity index is 873. The van der Waals surface area contributed by atoms with Gasteiger partial charge in [-0.15, -0.1) is 11.8 Å². The third-order valence-corrected chi connectivity index (χ3v) is 9.26. The summed E-state index contributed by atoms with van der Waals surface area (Å²) in [7, 11) is 0. The molecule has 0 aromatic heterocycles. The van der Waals surface area contributed by atoms with Gasteiger partial charge in [0.1, 0.15) is 6.04 Å². The normalized spacial score (nSPS) is 37.5. The highest BCUT2D eigenvalue weighted by Crippen LogP contribution is 2.65. The van der Waals surface area contributed by atoms with Crippen molar-refractivity contribution in [2.24, 2.45) is 11.8 Å². The number of hydrogen-bond acceptors (Lipinski definition) is 5. The lowest BCUT2D eigenvalue weighted by atomic mass is 9.74. The van der Waals surface area contributed by atoms with Crippen molar-refractivity contribution in [3.63, 3.8) is 0 Å². The summed E-state index contributed by atoms with van der Waals surface area (Å²) in [5.41, 5.74) is 0. The van der Waals surface area contributed by atoms with Crippen molar-refractivity contribution in [2.45, 2.75) is 68.7 Å². The molecule has 2 fully saturated rings. The summed E-state index contributed by atoms with van der Waals surface area (Å²) < 4.78 is -1.42. The van der Waals surface area contributed by atoms with Gasteiger partial charge >= 0.3 is 0 Å². The van der Waals surface area contributed by atoms with Crippen molar-refractivity contribution < 1.29 is 19.5 Å². The van der Waals surface area contributed by atoms with Gasteiger partial charge in [0.15, 0.2) is 0 Å². The molecule has 1 unspecified atom stereocenters. The summed E-state index contributed by atoms with van der Waals surface area (Å²) in [5, 5.41) is 9.96. The summed E-state index contributed by atoms with van der Waals surface area (Å²) in [5.74, 6) is -1.49. The number of aliphatic hydroxyl groups is 1. The molecule has 3 amide bonds. The quantitative estimate of drug-likeness (QED) is 0.630. The molecule has 2 saturated heterocycles. The molecule has 4 heterocycles. The summed E-state index contributed by atoms with van der Waals surface area (Å²) in [4.78, 5) is 46.9. The summed E-state index contributed by atoms with van der Waals surface area (Å²) in [6.45, 7) is 11.2. The van der Waals surface area contributed by atoms with Crippen molar-refractivity contribution >= 4 is 29.5 Å². The average Bonchev–Trinajstić information content (AvgIpc) is 3.02. The number of likely N-dealkylation sites (tertiary alicyclic amines) is 1. The van der Waals surface area contributed by atoms with Crippen LogP contribution in [0.1, 0.15) is 41.0 Å². The van der Waals surface area contributed by atoms with Crippen molar-refractivity contribution in [2.75, 3.05) is 26.2 Å². The smallest absolute Gasteiger partial charge is 0.247 e. The van der Waals surface area contributed by atoms with E-state index in [-0.39, 0.29) is 30.4 Å². The minimum absolute atomic E-state index is 0.00913. The first-order valence-corrected chi connectivity index (χ1v) is 12.5.